The third-order valence-electron chi connectivity index (χ3n) is 3.82. The van der Waals surface area contributed by atoms with Crippen molar-refractivity contribution in [3.63, 3.8) is 0 Å². The highest BCUT2D eigenvalue weighted by Gasteiger charge is 2.27. The van der Waals surface area contributed by atoms with E-state index in [4.69, 9.17) is 0 Å². The molecule has 3 heteroatoms. The van der Waals surface area contributed by atoms with Crippen LogP contribution in [0.3, 0.4) is 0 Å². The zero-order valence-corrected chi connectivity index (χ0v) is 10.4. The summed E-state index contributed by atoms with van der Waals surface area (Å²) in [4.78, 5) is 13.5. The smallest absolute Gasteiger partial charge is 0.337 e. The summed E-state index contributed by atoms with van der Waals surface area (Å²) >= 11 is 0. The Labute approximate surface area is 102 Å². The van der Waals surface area contributed by atoms with E-state index >= 15 is 0 Å². The van der Waals surface area contributed by atoms with E-state index < -0.39 is 5.97 Å². The van der Waals surface area contributed by atoms with Gasteiger partial charge in [-0.05, 0) is 37.8 Å². The van der Waals surface area contributed by atoms with Crippen LogP contribution in [0.5, 0.6) is 0 Å². The van der Waals surface area contributed by atoms with Crippen LogP contribution < -0.4 is 4.90 Å². The maximum atomic E-state index is 11.2. The van der Waals surface area contributed by atoms with Crippen LogP contribution in [0.4, 0.5) is 5.69 Å². The SMILES string of the molecule is CC1CCCN(c2ccccc2C(=O)O)C1C. The highest BCUT2D eigenvalue weighted by molar-refractivity contribution is 5.94. The van der Waals surface area contributed by atoms with Gasteiger partial charge in [-0.3, -0.25) is 0 Å². The first kappa shape index (κ1) is 12.0. The van der Waals surface area contributed by atoms with E-state index in [-0.39, 0.29) is 0 Å². The minimum atomic E-state index is -0.842. The summed E-state index contributed by atoms with van der Waals surface area (Å²) in [6, 6.07) is 7.70. The lowest BCUT2D eigenvalue weighted by atomic mass is 9.91. The zero-order chi connectivity index (χ0) is 12.4. The van der Waals surface area contributed by atoms with Crippen molar-refractivity contribution in [3.8, 4) is 0 Å². The molecule has 1 aliphatic heterocycles. The van der Waals surface area contributed by atoms with Crippen LogP contribution in [0.1, 0.15) is 37.0 Å². The Hall–Kier alpha value is -1.51. The molecule has 1 saturated heterocycles. The lowest BCUT2D eigenvalue weighted by Crippen LogP contribution is -2.43. The molecule has 1 aliphatic rings. The molecule has 0 amide bonds. The van der Waals surface area contributed by atoms with Crippen LogP contribution in [-0.2, 0) is 0 Å². The fraction of sp³-hybridized carbons (Fsp3) is 0.500. The third-order valence-corrected chi connectivity index (χ3v) is 3.82. The number of benzene rings is 1. The van der Waals surface area contributed by atoms with E-state index in [0.29, 0.717) is 17.5 Å². The molecule has 0 spiro atoms. The van der Waals surface area contributed by atoms with Gasteiger partial charge in [0, 0.05) is 12.6 Å². The van der Waals surface area contributed by atoms with Gasteiger partial charge in [0.1, 0.15) is 0 Å². The van der Waals surface area contributed by atoms with Crippen molar-refractivity contribution in [1.82, 2.24) is 0 Å². The first-order valence-electron chi connectivity index (χ1n) is 6.20. The summed E-state index contributed by atoms with van der Waals surface area (Å²) in [7, 11) is 0. The number of carboxylic acid groups (broad SMARTS) is 1. The average Bonchev–Trinajstić information content (AvgIpc) is 2.33. The molecule has 0 aliphatic carbocycles. The number of hydrogen-bond acceptors (Lipinski definition) is 2. The summed E-state index contributed by atoms with van der Waals surface area (Å²) in [5.74, 6) is -0.225. The van der Waals surface area contributed by atoms with Gasteiger partial charge >= 0.3 is 5.97 Å². The summed E-state index contributed by atoms with van der Waals surface area (Å²) in [6.07, 6.45) is 2.37. The van der Waals surface area contributed by atoms with Crippen LogP contribution in [0.25, 0.3) is 0 Å². The van der Waals surface area contributed by atoms with Gasteiger partial charge in [-0.25, -0.2) is 4.79 Å². The molecular weight excluding hydrogens is 214 g/mol. The standard InChI is InChI=1S/C14H19NO2/c1-10-6-5-9-15(11(10)2)13-8-4-3-7-12(13)14(16)17/h3-4,7-8,10-11H,5-6,9H2,1-2H3,(H,16,17). The minimum absolute atomic E-state index is 0.407. The second-order valence-corrected chi connectivity index (χ2v) is 4.88. The molecule has 1 aromatic rings. The molecule has 92 valence electrons. The second kappa shape index (κ2) is 4.78. The Morgan fingerprint density at radius 1 is 1.35 bits per heavy atom. The van der Waals surface area contributed by atoms with Crippen LogP contribution in [0.2, 0.25) is 0 Å². The number of piperidine rings is 1. The van der Waals surface area contributed by atoms with Crippen molar-refractivity contribution in [1.29, 1.82) is 0 Å². The molecule has 2 rings (SSSR count). The number of carboxylic acids is 1. The highest BCUT2D eigenvalue weighted by Crippen LogP contribution is 2.30. The Morgan fingerprint density at radius 3 is 2.76 bits per heavy atom. The molecule has 2 unspecified atom stereocenters. The number of rotatable bonds is 2. The Morgan fingerprint density at radius 2 is 2.06 bits per heavy atom. The van der Waals surface area contributed by atoms with E-state index in [1.807, 2.05) is 12.1 Å². The molecule has 0 aromatic heterocycles. The van der Waals surface area contributed by atoms with Crippen LogP contribution in [-0.4, -0.2) is 23.7 Å². The van der Waals surface area contributed by atoms with Gasteiger partial charge in [0.25, 0.3) is 0 Å². The second-order valence-electron chi connectivity index (χ2n) is 4.88. The number of hydrogen-bond donors (Lipinski definition) is 1. The van der Waals surface area contributed by atoms with Gasteiger partial charge in [-0.15, -0.1) is 0 Å². The van der Waals surface area contributed by atoms with E-state index in [9.17, 15) is 9.90 Å². The average molecular weight is 233 g/mol. The molecule has 1 fully saturated rings. The monoisotopic (exact) mass is 233 g/mol. The van der Waals surface area contributed by atoms with Crippen molar-refractivity contribution in [2.45, 2.75) is 32.7 Å². The fourth-order valence-corrected chi connectivity index (χ4v) is 2.58. The van der Waals surface area contributed by atoms with Crippen molar-refractivity contribution in [2.24, 2.45) is 5.92 Å². The van der Waals surface area contributed by atoms with E-state index in [0.717, 1.165) is 18.7 Å². The molecule has 0 radical (unpaired) electrons. The van der Waals surface area contributed by atoms with Crippen molar-refractivity contribution >= 4 is 11.7 Å². The zero-order valence-electron chi connectivity index (χ0n) is 10.4. The number of nitrogens with zero attached hydrogens (tertiary/aromatic N) is 1. The van der Waals surface area contributed by atoms with Gasteiger partial charge < -0.3 is 10.0 Å². The van der Waals surface area contributed by atoms with Gasteiger partial charge in [0.15, 0.2) is 0 Å². The molecule has 1 N–H and O–H groups in total. The van der Waals surface area contributed by atoms with Crippen LogP contribution in [0, 0.1) is 5.92 Å². The van der Waals surface area contributed by atoms with Gasteiger partial charge in [0.2, 0.25) is 0 Å². The normalized spacial score (nSPS) is 24.7. The molecule has 0 saturated carbocycles. The highest BCUT2D eigenvalue weighted by atomic mass is 16.4. The van der Waals surface area contributed by atoms with E-state index in [2.05, 4.69) is 18.7 Å². The first-order valence-corrected chi connectivity index (χ1v) is 6.20. The Kier molecular flexibility index (Phi) is 3.36. The molecule has 17 heavy (non-hydrogen) atoms. The summed E-state index contributed by atoms with van der Waals surface area (Å²) in [5, 5.41) is 9.22. The lowest BCUT2D eigenvalue weighted by Gasteiger charge is -2.40. The van der Waals surface area contributed by atoms with Gasteiger partial charge in [-0.2, -0.15) is 0 Å². The largest absolute Gasteiger partial charge is 0.478 e. The molecule has 0 bridgehead atoms. The number of para-hydroxylation sites is 1. The summed E-state index contributed by atoms with van der Waals surface area (Å²) in [6.45, 7) is 5.37. The van der Waals surface area contributed by atoms with Gasteiger partial charge in [-0.1, -0.05) is 19.1 Å². The number of anilines is 1. The van der Waals surface area contributed by atoms with E-state index in [1.54, 1.807) is 12.1 Å². The molecule has 1 aromatic carbocycles. The van der Waals surface area contributed by atoms with E-state index in [1.165, 1.54) is 6.42 Å². The number of carbonyl (C=O) groups is 1. The lowest BCUT2D eigenvalue weighted by molar-refractivity contribution is 0.0697. The number of aromatic carboxylic acids is 1. The topological polar surface area (TPSA) is 40.5 Å². The van der Waals surface area contributed by atoms with Crippen LogP contribution in [0.15, 0.2) is 24.3 Å². The molecule has 1 heterocycles. The quantitative estimate of drug-likeness (QED) is 0.853. The first-order chi connectivity index (χ1) is 8.11. The molecular formula is C14H19NO2. The van der Waals surface area contributed by atoms with Crippen molar-refractivity contribution in [3.05, 3.63) is 29.8 Å². The van der Waals surface area contributed by atoms with Crippen molar-refractivity contribution < 1.29 is 9.90 Å². The molecule has 3 nitrogen and oxygen atoms in total. The summed E-state index contributed by atoms with van der Waals surface area (Å²) in [5.41, 5.74) is 1.27. The summed E-state index contributed by atoms with van der Waals surface area (Å²) < 4.78 is 0. The van der Waals surface area contributed by atoms with Crippen LogP contribution >= 0.6 is 0 Å². The maximum Gasteiger partial charge on any atom is 0.337 e. The Bertz CT molecular complexity index is 416. The van der Waals surface area contributed by atoms with Crippen molar-refractivity contribution in [2.75, 3.05) is 11.4 Å². The fourth-order valence-electron chi connectivity index (χ4n) is 2.58. The minimum Gasteiger partial charge on any atom is -0.478 e. The van der Waals surface area contributed by atoms with Gasteiger partial charge in [0.05, 0.1) is 11.3 Å². The third kappa shape index (κ3) is 2.28. The predicted octanol–water partition coefficient (Wildman–Crippen LogP) is 3.01. The predicted molar refractivity (Wildman–Crippen MR) is 68.6 cm³/mol. The maximum absolute atomic E-state index is 11.2. The molecule has 2 atom stereocenters. The Balaban J connectivity index is 2.36.